The summed E-state index contributed by atoms with van der Waals surface area (Å²) < 4.78 is 11.3. The van der Waals surface area contributed by atoms with Crippen LogP contribution in [0.3, 0.4) is 0 Å². The first-order valence-corrected chi connectivity index (χ1v) is 7.58. The summed E-state index contributed by atoms with van der Waals surface area (Å²) in [5.74, 6) is 0.890. The molecule has 0 bridgehead atoms. The van der Waals surface area contributed by atoms with Crippen LogP contribution in [0.4, 0.5) is 0 Å². The van der Waals surface area contributed by atoms with Crippen molar-refractivity contribution in [1.29, 1.82) is 0 Å². The van der Waals surface area contributed by atoms with E-state index in [1.54, 1.807) is 0 Å². The Morgan fingerprint density at radius 1 is 1.18 bits per heavy atom. The molecule has 3 nitrogen and oxygen atoms in total. The van der Waals surface area contributed by atoms with Gasteiger partial charge in [0, 0.05) is 12.0 Å². The fourth-order valence-electron chi connectivity index (χ4n) is 3.01. The molecule has 0 N–H and O–H groups in total. The molecule has 1 aliphatic heterocycles. The summed E-state index contributed by atoms with van der Waals surface area (Å²) in [6.45, 7) is 5.60. The summed E-state index contributed by atoms with van der Waals surface area (Å²) in [5, 5.41) is 0. The first-order valence-electron chi connectivity index (χ1n) is 7.58. The van der Waals surface area contributed by atoms with Gasteiger partial charge in [0.05, 0.1) is 13.2 Å². The van der Waals surface area contributed by atoms with Crippen LogP contribution in [0.2, 0.25) is 0 Å². The number of ether oxygens (including phenoxy) is 2. The van der Waals surface area contributed by atoms with Crippen LogP contribution in [0.5, 0.6) is 5.75 Å². The van der Waals surface area contributed by atoms with Gasteiger partial charge in [0.2, 0.25) is 0 Å². The summed E-state index contributed by atoms with van der Waals surface area (Å²) in [7, 11) is 0. The number of hydrogen-bond donors (Lipinski definition) is 0. The van der Waals surface area contributed by atoms with Gasteiger partial charge in [-0.1, -0.05) is 18.2 Å². The molecule has 0 aromatic heterocycles. The Labute approximate surface area is 130 Å². The van der Waals surface area contributed by atoms with Crippen LogP contribution < -0.4 is 4.74 Å². The van der Waals surface area contributed by atoms with Crippen molar-refractivity contribution in [2.45, 2.75) is 26.4 Å². The summed E-state index contributed by atoms with van der Waals surface area (Å²) in [5.41, 5.74) is 5.22. The number of aldehydes is 1. The molecule has 1 fully saturated rings. The second-order valence-electron chi connectivity index (χ2n) is 5.78. The summed E-state index contributed by atoms with van der Waals surface area (Å²) in [6, 6.07) is 11.8. The zero-order chi connectivity index (χ0) is 15.5. The molecule has 1 atom stereocenters. The highest BCUT2D eigenvalue weighted by Crippen LogP contribution is 2.32. The predicted molar refractivity (Wildman–Crippen MR) is 86.6 cm³/mol. The Morgan fingerprint density at radius 2 is 1.95 bits per heavy atom. The first-order chi connectivity index (χ1) is 10.7. The molecule has 1 heterocycles. The maximum absolute atomic E-state index is 11.0. The third kappa shape index (κ3) is 3.04. The number of benzene rings is 2. The lowest BCUT2D eigenvalue weighted by Gasteiger charge is -2.16. The number of rotatable bonds is 4. The molecule has 22 heavy (non-hydrogen) atoms. The lowest BCUT2D eigenvalue weighted by molar-refractivity contribution is 0.112. The fourth-order valence-corrected chi connectivity index (χ4v) is 3.01. The third-order valence-corrected chi connectivity index (χ3v) is 4.01. The van der Waals surface area contributed by atoms with Crippen molar-refractivity contribution in [3.05, 3.63) is 53.1 Å². The Kier molecular flexibility index (Phi) is 4.25. The van der Waals surface area contributed by atoms with Gasteiger partial charge in [-0.05, 0) is 54.3 Å². The molecule has 0 radical (unpaired) electrons. The SMILES string of the molecule is Cc1cc(OC2CCOC2)cc(C)c1-c1cccc(C=O)c1. The van der Waals surface area contributed by atoms with E-state index in [0.29, 0.717) is 12.2 Å². The highest BCUT2D eigenvalue weighted by Gasteiger charge is 2.18. The van der Waals surface area contributed by atoms with Crippen LogP contribution in [-0.4, -0.2) is 25.6 Å². The third-order valence-electron chi connectivity index (χ3n) is 4.01. The van der Waals surface area contributed by atoms with Gasteiger partial charge in [0.25, 0.3) is 0 Å². The van der Waals surface area contributed by atoms with Gasteiger partial charge in [0.15, 0.2) is 0 Å². The molecule has 0 aliphatic carbocycles. The van der Waals surface area contributed by atoms with Crippen molar-refractivity contribution in [2.24, 2.45) is 0 Å². The average Bonchev–Trinajstić information content (AvgIpc) is 2.99. The Hall–Kier alpha value is -2.13. The van der Waals surface area contributed by atoms with Crippen molar-refractivity contribution in [1.82, 2.24) is 0 Å². The molecule has 3 heteroatoms. The van der Waals surface area contributed by atoms with Gasteiger partial charge < -0.3 is 9.47 Å². The van der Waals surface area contributed by atoms with Crippen LogP contribution in [0, 0.1) is 13.8 Å². The number of carbonyl (C=O) groups is 1. The van der Waals surface area contributed by atoms with E-state index in [9.17, 15) is 4.79 Å². The molecule has 2 aromatic carbocycles. The van der Waals surface area contributed by atoms with Crippen LogP contribution in [0.25, 0.3) is 11.1 Å². The summed E-state index contributed by atoms with van der Waals surface area (Å²) in [6.07, 6.45) is 1.98. The lowest BCUT2D eigenvalue weighted by Crippen LogP contribution is -2.15. The van der Waals surface area contributed by atoms with E-state index < -0.39 is 0 Å². The molecule has 114 valence electrons. The second-order valence-corrected chi connectivity index (χ2v) is 5.78. The zero-order valence-corrected chi connectivity index (χ0v) is 13.0. The molecule has 1 aliphatic rings. The van der Waals surface area contributed by atoms with E-state index >= 15 is 0 Å². The Balaban J connectivity index is 1.93. The van der Waals surface area contributed by atoms with E-state index in [4.69, 9.17) is 9.47 Å². The second kappa shape index (κ2) is 6.32. The maximum atomic E-state index is 11.0. The van der Waals surface area contributed by atoms with Gasteiger partial charge in [-0.2, -0.15) is 0 Å². The van der Waals surface area contributed by atoms with Gasteiger partial charge in [-0.3, -0.25) is 4.79 Å². The highest BCUT2D eigenvalue weighted by molar-refractivity contribution is 5.80. The molecule has 0 saturated carbocycles. The predicted octanol–water partition coefficient (Wildman–Crippen LogP) is 3.95. The monoisotopic (exact) mass is 296 g/mol. The molecular weight excluding hydrogens is 276 g/mol. The van der Waals surface area contributed by atoms with Crippen molar-refractivity contribution in [3.8, 4) is 16.9 Å². The highest BCUT2D eigenvalue weighted by atomic mass is 16.5. The van der Waals surface area contributed by atoms with Crippen LogP contribution >= 0.6 is 0 Å². The van der Waals surface area contributed by atoms with E-state index in [1.807, 2.05) is 24.3 Å². The molecule has 0 spiro atoms. The van der Waals surface area contributed by atoms with Crippen molar-refractivity contribution in [2.75, 3.05) is 13.2 Å². The van der Waals surface area contributed by atoms with Gasteiger partial charge in [-0.25, -0.2) is 0 Å². The zero-order valence-electron chi connectivity index (χ0n) is 13.0. The smallest absolute Gasteiger partial charge is 0.150 e. The molecule has 2 aromatic rings. The largest absolute Gasteiger partial charge is 0.488 e. The van der Waals surface area contributed by atoms with E-state index in [0.717, 1.165) is 41.8 Å². The van der Waals surface area contributed by atoms with E-state index in [2.05, 4.69) is 26.0 Å². The normalized spacial score (nSPS) is 17.5. The fraction of sp³-hybridized carbons (Fsp3) is 0.316. The van der Waals surface area contributed by atoms with E-state index in [-0.39, 0.29) is 6.10 Å². The molecule has 0 amide bonds. The average molecular weight is 296 g/mol. The van der Waals surface area contributed by atoms with E-state index in [1.165, 1.54) is 5.56 Å². The van der Waals surface area contributed by atoms with Crippen molar-refractivity contribution in [3.63, 3.8) is 0 Å². The number of carbonyl (C=O) groups excluding carboxylic acids is 1. The molecule has 3 rings (SSSR count). The summed E-state index contributed by atoms with van der Waals surface area (Å²) >= 11 is 0. The maximum Gasteiger partial charge on any atom is 0.150 e. The quantitative estimate of drug-likeness (QED) is 0.801. The van der Waals surface area contributed by atoms with Gasteiger partial charge in [-0.15, -0.1) is 0 Å². The minimum absolute atomic E-state index is 0.156. The Morgan fingerprint density at radius 3 is 2.59 bits per heavy atom. The van der Waals surface area contributed by atoms with Crippen molar-refractivity contribution >= 4 is 6.29 Å². The van der Waals surface area contributed by atoms with Crippen LogP contribution in [-0.2, 0) is 4.74 Å². The standard InChI is InChI=1S/C19H20O3/c1-13-8-18(22-17-6-7-21-12-17)9-14(2)19(13)16-5-3-4-15(10-16)11-20/h3-5,8-11,17H,6-7,12H2,1-2H3. The first kappa shape index (κ1) is 14.8. The topological polar surface area (TPSA) is 35.5 Å². The van der Waals surface area contributed by atoms with Crippen LogP contribution in [0.15, 0.2) is 36.4 Å². The number of aryl methyl sites for hydroxylation is 2. The van der Waals surface area contributed by atoms with Crippen LogP contribution in [0.1, 0.15) is 27.9 Å². The Bertz CT molecular complexity index is 662. The summed E-state index contributed by atoms with van der Waals surface area (Å²) in [4.78, 5) is 11.0. The minimum atomic E-state index is 0.156. The minimum Gasteiger partial charge on any atom is -0.488 e. The molecular formula is C19H20O3. The van der Waals surface area contributed by atoms with Crippen molar-refractivity contribution < 1.29 is 14.3 Å². The molecule has 1 saturated heterocycles. The molecule has 1 unspecified atom stereocenters. The lowest BCUT2D eigenvalue weighted by atomic mass is 9.94. The number of hydrogen-bond acceptors (Lipinski definition) is 3. The van der Waals surface area contributed by atoms with Gasteiger partial charge in [0.1, 0.15) is 18.1 Å². The van der Waals surface area contributed by atoms with Gasteiger partial charge >= 0.3 is 0 Å².